The van der Waals surface area contributed by atoms with Gasteiger partial charge in [-0.2, -0.15) is 5.10 Å². The maximum Gasteiger partial charge on any atom is 0.112 e. The van der Waals surface area contributed by atoms with Gasteiger partial charge in [-0.25, -0.2) is 0 Å². The van der Waals surface area contributed by atoms with Crippen LogP contribution in [0.2, 0.25) is 0 Å². The van der Waals surface area contributed by atoms with E-state index in [9.17, 15) is 5.11 Å². The second-order valence-corrected chi connectivity index (χ2v) is 6.11. The van der Waals surface area contributed by atoms with Crippen LogP contribution in [0.4, 0.5) is 0 Å². The van der Waals surface area contributed by atoms with Gasteiger partial charge >= 0.3 is 0 Å². The first-order chi connectivity index (χ1) is 8.96. The van der Waals surface area contributed by atoms with Crippen LogP contribution in [0.25, 0.3) is 0 Å². The number of methoxy groups -OCH3 is 1. The summed E-state index contributed by atoms with van der Waals surface area (Å²) >= 11 is 3.49. The molecule has 0 bridgehead atoms. The molecule has 0 aromatic carbocycles. The van der Waals surface area contributed by atoms with Gasteiger partial charge in [0.1, 0.15) is 5.60 Å². The number of hydrogen-bond acceptors (Lipinski definition) is 4. The molecule has 2 atom stereocenters. The zero-order valence-corrected chi connectivity index (χ0v) is 13.2. The molecular weight excluding hydrogens is 312 g/mol. The number of aromatic nitrogens is 2. The Morgan fingerprint density at radius 2 is 2.16 bits per heavy atom. The molecular formula is C13H21BrN2O3. The fraction of sp³-hybridized carbons (Fsp3) is 0.769. The lowest BCUT2D eigenvalue weighted by Gasteiger charge is -2.39. The molecule has 2 rings (SSSR count). The highest BCUT2D eigenvalue weighted by molar-refractivity contribution is 9.10. The summed E-state index contributed by atoms with van der Waals surface area (Å²) in [5.74, 6) is 0. The molecule has 5 nitrogen and oxygen atoms in total. The van der Waals surface area contributed by atoms with Crippen molar-refractivity contribution in [2.75, 3.05) is 13.7 Å². The van der Waals surface area contributed by atoms with E-state index in [1.807, 2.05) is 18.5 Å². The van der Waals surface area contributed by atoms with E-state index in [2.05, 4.69) is 21.0 Å². The van der Waals surface area contributed by atoms with Gasteiger partial charge in [-0.05, 0) is 29.8 Å². The van der Waals surface area contributed by atoms with E-state index in [0.29, 0.717) is 26.0 Å². The number of ether oxygens (including phenoxy) is 2. The summed E-state index contributed by atoms with van der Waals surface area (Å²) in [5, 5.41) is 15.3. The van der Waals surface area contributed by atoms with Crippen molar-refractivity contribution in [3.05, 3.63) is 16.4 Å². The molecule has 0 saturated carbocycles. The summed E-state index contributed by atoms with van der Waals surface area (Å²) in [7, 11) is 1.66. The number of aliphatic hydroxyl groups is 1. The van der Waals surface area contributed by atoms with Gasteiger partial charge in [0.15, 0.2) is 0 Å². The second-order valence-electron chi connectivity index (χ2n) is 5.25. The first-order valence-corrected chi connectivity index (χ1v) is 7.34. The molecule has 1 aliphatic rings. The Bertz CT molecular complexity index is 426. The summed E-state index contributed by atoms with van der Waals surface area (Å²) in [6.45, 7) is 5.18. The molecule has 2 heterocycles. The molecule has 1 aromatic heterocycles. The van der Waals surface area contributed by atoms with Crippen LogP contribution in [0.1, 0.15) is 32.4 Å². The van der Waals surface area contributed by atoms with Gasteiger partial charge in [-0.1, -0.05) is 0 Å². The zero-order valence-electron chi connectivity index (χ0n) is 11.6. The maximum absolute atomic E-state index is 11.0. The highest BCUT2D eigenvalue weighted by Gasteiger charge is 2.42. The average molecular weight is 333 g/mol. The molecule has 1 N–H and O–H groups in total. The van der Waals surface area contributed by atoms with E-state index < -0.39 is 5.60 Å². The van der Waals surface area contributed by atoms with E-state index in [4.69, 9.17) is 9.47 Å². The molecule has 1 aromatic rings. The lowest BCUT2D eigenvalue weighted by atomic mass is 9.85. The van der Waals surface area contributed by atoms with Crippen molar-refractivity contribution in [1.29, 1.82) is 0 Å². The molecule has 1 saturated heterocycles. The third kappa shape index (κ3) is 3.18. The monoisotopic (exact) mass is 332 g/mol. The zero-order chi connectivity index (χ0) is 14.0. The minimum absolute atomic E-state index is 0.0337. The molecule has 108 valence electrons. The minimum Gasteiger partial charge on any atom is -0.383 e. The first-order valence-electron chi connectivity index (χ1n) is 6.55. The molecule has 1 aliphatic heterocycles. The van der Waals surface area contributed by atoms with Crippen molar-refractivity contribution in [3.8, 4) is 0 Å². The van der Waals surface area contributed by atoms with E-state index in [1.165, 1.54) is 0 Å². The predicted molar refractivity (Wildman–Crippen MR) is 74.9 cm³/mol. The average Bonchev–Trinajstić information content (AvgIpc) is 2.66. The van der Waals surface area contributed by atoms with E-state index in [1.54, 1.807) is 13.3 Å². The summed E-state index contributed by atoms with van der Waals surface area (Å²) in [4.78, 5) is 0. The van der Waals surface area contributed by atoms with Crippen molar-refractivity contribution in [3.63, 3.8) is 0 Å². The lowest BCUT2D eigenvalue weighted by Crippen LogP contribution is -2.43. The van der Waals surface area contributed by atoms with Gasteiger partial charge in [-0.15, -0.1) is 0 Å². The van der Waals surface area contributed by atoms with E-state index in [0.717, 1.165) is 10.2 Å². The molecule has 6 heteroatoms. The van der Waals surface area contributed by atoms with Gasteiger partial charge in [-0.3, -0.25) is 4.68 Å². The third-order valence-electron chi connectivity index (χ3n) is 3.46. The van der Waals surface area contributed by atoms with Crippen molar-refractivity contribution in [1.82, 2.24) is 9.78 Å². The Kier molecular flexibility index (Phi) is 4.66. The predicted octanol–water partition coefficient (Wildman–Crippen LogP) is 2.07. The van der Waals surface area contributed by atoms with Gasteiger partial charge < -0.3 is 14.6 Å². The highest BCUT2D eigenvalue weighted by atomic mass is 79.9. The van der Waals surface area contributed by atoms with Crippen LogP contribution in [0, 0.1) is 0 Å². The van der Waals surface area contributed by atoms with Crippen molar-refractivity contribution in [2.24, 2.45) is 0 Å². The standard InChI is InChI=1S/C13H21BrN2O3/c1-9-6-13(17,7-10(2)19-9)12-11(14)8-15-16(12)4-5-18-3/h8-10,17H,4-7H2,1-3H3. The summed E-state index contributed by atoms with van der Waals surface area (Å²) in [5.41, 5.74) is -0.0771. The Morgan fingerprint density at radius 1 is 1.53 bits per heavy atom. The van der Waals surface area contributed by atoms with Crippen LogP contribution in [0.5, 0.6) is 0 Å². The number of rotatable bonds is 4. The molecule has 1 fully saturated rings. The topological polar surface area (TPSA) is 56.5 Å². The summed E-state index contributed by atoms with van der Waals surface area (Å²) in [6, 6.07) is 0. The molecule has 0 amide bonds. The highest BCUT2D eigenvalue weighted by Crippen LogP contribution is 2.40. The van der Waals surface area contributed by atoms with Gasteiger partial charge in [0.2, 0.25) is 0 Å². The Balaban J connectivity index is 2.30. The Labute approximate surface area is 122 Å². The number of halogens is 1. The van der Waals surface area contributed by atoms with E-state index in [-0.39, 0.29) is 12.2 Å². The Morgan fingerprint density at radius 3 is 2.74 bits per heavy atom. The van der Waals surface area contributed by atoms with Crippen LogP contribution in [-0.2, 0) is 21.6 Å². The quantitative estimate of drug-likeness (QED) is 0.916. The minimum atomic E-state index is -0.903. The van der Waals surface area contributed by atoms with Crippen LogP contribution in [0.3, 0.4) is 0 Å². The second kappa shape index (κ2) is 5.91. The SMILES string of the molecule is COCCn1ncc(Br)c1C1(O)CC(C)OC(C)C1. The van der Waals surface area contributed by atoms with Gasteiger partial charge in [0.05, 0.1) is 41.7 Å². The molecule has 2 unspecified atom stereocenters. The van der Waals surface area contributed by atoms with Crippen LogP contribution in [-0.4, -0.2) is 40.8 Å². The van der Waals surface area contributed by atoms with Crippen molar-refractivity contribution >= 4 is 15.9 Å². The van der Waals surface area contributed by atoms with Crippen LogP contribution < -0.4 is 0 Å². The fourth-order valence-corrected chi connectivity index (χ4v) is 3.56. The summed E-state index contributed by atoms with van der Waals surface area (Å²) < 4.78 is 13.5. The first kappa shape index (κ1) is 15.0. The molecule has 0 spiro atoms. The molecule has 19 heavy (non-hydrogen) atoms. The third-order valence-corrected chi connectivity index (χ3v) is 4.04. The smallest absolute Gasteiger partial charge is 0.112 e. The van der Waals surface area contributed by atoms with Gasteiger partial charge in [0.25, 0.3) is 0 Å². The number of hydrogen-bond donors (Lipinski definition) is 1. The normalized spacial score (nSPS) is 31.6. The van der Waals surface area contributed by atoms with Gasteiger partial charge in [0, 0.05) is 20.0 Å². The summed E-state index contributed by atoms with van der Waals surface area (Å²) in [6.07, 6.45) is 2.95. The van der Waals surface area contributed by atoms with Crippen molar-refractivity contribution in [2.45, 2.75) is 51.0 Å². The van der Waals surface area contributed by atoms with Crippen LogP contribution in [0.15, 0.2) is 10.7 Å². The van der Waals surface area contributed by atoms with Crippen LogP contribution >= 0.6 is 15.9 Å². The molecule has 0 radical (unpaired) electrons. The maximum atomic E-state index is 11.0. The lowest BCUT2D eigenvalue weighted by molar-refractivity contribution is -0.139. The Hall–Kier alpha value is -0.430. The largest absolute Gasteiger partial charge is 0.383 e. The molecule has 0 aliphatic carbocycles. The number of nitrogens with zero attached hydrogens (tertiary/aromatic N) is 2. The van der Waals surface area contributed by atoms with Crippen molar-refractivity contribution < 1.29 is 14.6 Å². The van der Waals surface area contributed by atoms with E-state index >= 15 is 0 Å². The fourth-order valence-electron chi connectivity index (χ4n) is 2.89.